The van der Waals surface area contributed by atoms with Gasteiger partial charge in [-0.25, -0.2) is 4.68 Å². The Kier molecular flexibility index (Phi) is 5.32. The van der Waals surface area contributed by atoms with Crippen LogP contribution >= 0.6 is 0 Å². The van der Waals surface area contributed by atoms with Gasteiger partial charge in [-0.2, -0.15) is 5.10 Å². The van der Waals surface area contributed by atoms with E-state index in [-0.39, 0.29) is 23.4 Å². The van der Waals surface area contributed by atoms with E-state index in [1.54, 1.807) is 9.58 Å². The van der Waals surface area contributed by atoms with E-state index in [1.165, 1.54) is 11.8 Å². The summed E-state index contributed by atoms with van der Waals surface area (Å²) in [4.78, 5) is 14.5. The van der Waals surface area contributed by atoms with Gasteiger partial charge in [0.15, 0.2) is 11.4 Å². The Bertz CT molecular complexity index is 757. The molecule has 1 unspecified atom stereocenters. The quantitative estimate of drug-likeness (QED) is 0.882. The lowest BCUT2D eigenvalue weighted by atomic mass is 9.91. The highest BCUT2D eigenvalue weighted by Gasteiger charge is 2.28. The average Bonchev–Trinajstić information content (AvgIpc) is 3.03. The molecule has 2 heterocycles. The Balaban J connectivity index is 1.74. The van der Waals surface area contributed by atoms with Gasteiger partial charge in [0.2, 0.25) is 0 Å². The van der Waals surface area contributed by atoms with Crippen LogP contribution in [0.2, 0.25) is 0 Å². The van der Waals surface area contributed by atoms with E-state index >= 15 is 0 Å². The molecule has 1 saturated heterocycles. The molecule has 0 spiro atoms. The summed E-state index contributed by atoms with van der Waals surface area (Å²) >= 11 is 0. The maximum absolute atomic E-state index is 12.7. The highest BCUT2D eigenvalue weighted by atomic mass is 16.3. The molecule has 26 heavy (non-hydrogen) atoms. The van der Waals surface area contributed by atoms with E-state index in [2.05, 4.69) is 18.9 Å². The number of aromatic nitrogens is 2. The second kappa shape index (κ2) is 7.50. The van der Waals surface area contributed by atoms with Crippen molar-refractivity contribution >= 4 is 5.91 Å². The maximum atomic E-state index is 12.7. The van der Waals surface area contributed by atoms with Gasteiger partial charge in [-0.1, -0.05) is 26.0 Å². The molecule has 0 radical (unpaired) electrons. The monoisotopic (exact) mass is 356 g/mol. The van der Waals surface area contributed by atoms with Crippen LogP contribution in [0.3, 0.4) is 0 Å². The molecular formula is C20H28N4O2. The molecule has 1 aliphatic heterocycles. The summed E-state index contributed by atoms with van der Waals surface area (Å²) in [6.07, 6.45) is 3.27. The molecule has 140 valence electrons. The van der Waals surface area contributed by atoms with Crippen LogP contribution in [0.1, 0.15) is 55.6 Å². The Hall–Kier alpha value is -2.34. The molecule has 0 aliphatic carbocycles. The van der Waals surface area contributed by atoms with Crippen LogP contribution < -0.4 is 5.73 Å². The molecule has 6 heteroatoms. The van der Waals surface area contributed by atoms with Gasteiger partial charge in [0, 0.05) is 19.1 Å². The van der Waals surface area contributed by atoms with Crippen molar-refractivity contribution in [2.75, 3.05) is 13.1 Å². The highest BCUT2D eigenvalue weighted by molar-refractivity contribution is 5.94. The summed E-state index contributed by atoms with van der Waals surface area (Å²) in [6.45, 7) is 7.60. The van der Waals surface area contributed by atoms with Crippen molar-refractivity contribution in [3.05, 3.63) is 41.7 Å². The lowest BCUT2D eigenvalue weighted by Gasteiger charge is -2.33. The molecule has 1 amide bonds. The van der Waals surface area contributed by atoms with Crippen molar-refractivity contribution < 1.29 is 9.90 Å². The third-order valence-corrected chi connectivity index (χ3v) is 5.29. The number of hydrogen-bond donors (Lipinski definition) is 2. The molecule has 0 saturated carbocycles. The van der Waals surface area contributed by atoms with Gasteiger partial charge in [0.05, 0.1) is 11.9 Å². The molecule has 1 aromatic heterocycles. The second-order valence-corrected chi connectivity index (χ2v) is 7.54. The molecule has 3 N–H and O–H groups in total. The van der Waals surface area contributed by atoms with Crippen LogP contribution in [0.5, 0.6) is 5.75 Å². The summed E-state index contributed by atoms with van der Waals surface area (Å²) in [5.41, 5.74) is 8.12. The standard InChI is InChI=1S/C20H28N4O2/c1-13(2)15-4-6-17(7-5-15)24-12-18(25)19(22-24)20(26)23-10-8-16(9-11-23)14(3)21/h4-7,12-14,16,25H,8-11,21H2,1-3H3. The van der Waals surface area contributed by atoms with Crippen LogP contribution in [-0.2, 0) is 0 Å². The van der Waals surface area contributed by atoms with Crippen molar-refractivity contribution in [1.82, 2.24) is 14.7 Å². The number of nitrogens with two attached hydrogens (primary N) is 1. The van der Waals surface area contributed by atoms with Gasteiger partial charge < -0.3 is 15.7 Å². The van der Waals surface area contributed by atoms with Crippen LogP contribution in [0.4, 0.5) is 0 Å². The van der Waals surface area contributed by atoms with Crippen molar-refractivity contribution in [2.24, 2.45) is 11.7 Å². The Morgan fingerprint density at radius 3 is 2.35 bits per heavy atom. The number of benzene rings is 1. The number of rotatable bonds is 4. The predicted molar refractivity (Wildman–Crippen MR) is 102 cm³/mol. The Morgan fingerprint density at radius 1 is 1.19 bits per heavy atom. The van der Waals surface area contributed by atoms with Crippen LogP contribution in [0.25, 0.3) is 5.69 Å². The van der Waals surface area contributed by atoms with Gasteiger partial charge in [0.1, 0.15) is 0 Å². The van der Waals surface area contributed by atoms with E-state index in [9.17, 15) is 9.90 Å². The molecule has 6 nitrogen and oxygen atoms in total. The Morgan fingerprint density at radius 2 is 1.81 bits per heavy atom. The van der Waals surface area contributed by atoms with Crippen molar-refractivity contribution in [3.8, 4) is 11.4 Å². The van der Waals surface area contributed by atoms with Gasteiger partial charge >= 0.3 is 0 Å². The van der Waals surface area contributed by atoms with E-state index in [4.69, 9.17) is 5.73 Å². The van der Waals surface area contributed by atoms with Crippen LogP contribution in [0.15, 0.2) is 30.5 Å². The van der Waals surface area contributed by atoms with Gasteiger partial charge in [-0.15, -0.1) is 0 Å². The molecule has 3 rings (SSSR count). The molecule has 1 aromatic carbocycles. The number of amides is 1. The third kappa shape index (κ3) is 3.75. The highest BCUT2D eigenvalue weighted by Crippen LogP contribution is 2.25. The molecule has 1 aliphatic rings. The first kappa shape index (κ1) is 18.5. The SMILES string of the molecule is CC(C)c1ccc(-n2cc(O)c(C(=O)N3CCC(C(C)N)CC3)n2)cc1. The molecule has 2 aromatic rings. The molecular weight excluding hydrogens is 328 g/mol. The minimum atomic E-state index is -0.219. The van der Waals surface area contributed by atoms with Crippen molar-refractivity contribution in [1.29, 1.82) is 0 Å². The zero-order valence-electron chi connectivity index (χ0n) is 15.7. The number of carbonyl (C=O) groups is 1. The van der Waals surface area contributed by atoms with Gasteiger partial charge in [-0.05, 0) is 49.3 Å². The number of likely N-dealkylation sites (tertiary alicyclic amines) is 1. The summed E-state index contributed by atoms with van der Waals surface area (Å²) in [7, 11) is 0. The smallest absolute Gasteiger partial charge is 0.278 e. The van der Waals surface area contributed by atoms with Gasteiger partial charge in [-0.3, -0.25) is 4.79 Å². The topological polar surface area (TPSA) is 84.4 Å². The lowest BCUT2D eigenvalue weighted by Crippen LogP contribution is -2.42. The maximum Gasteiger partial charge on any atom is 0.278 e. The zero-order valence-corrected chi connectivity index (χ0v) is 15.7. The predicted octanol–water partition coefficient (Wildman–Crippen LogP) is 2.90. The zero-order chi connectivity index (χ0) is 18.8. The van der Waals surface area contributed by atoms with Crippen LogP contribution in [0, 0.1) is 5.92 Å². The molecule has 1 fully saturated rings. The molecule has 0 bridgehead atoms. The lowest BCUT2D eigenvalue weighted by molar-refractivity contribution is 0.0671. The minimum absolute atomic E-state index is 0.0859. The van der Waals surface area contributed by atoms with Crippen LogP contribution in [-0.4, -0.2) is 44.8 Å². The van der Waals surface area contributed by atoms with E-state index in [1.807, 2.05) is 31.2 Å². The van der Waals surface area contributed by atoms with E-state index < -0.39 is 0 Å². The number of hydrogen-bond acceptors (Lipinski definition) is 4. The normalized spacial score (nSPS) is 16.9. The second-order valence-electron chi connectivity index (χ2n) is 7.54. The fraction of sp³-hybridized carbons (Fsp3) is 0.500. The largest absolute Gasteiger partial charge is 0.504 e. The Labute approximate surface area is 154 Å². The molecule has 1 atom stereocenters. The average molecular weight is 356 g/mol. The van der Waals surface area contributed by atoms with E-state index in [0.29, 0.717) is 24.9 Å². The number of nitrogens with zero attached hydrogens (tertiary/aromatic N) is 3. The summed E-state index contributed by atoms with van der Waals surface area (Å²) < 4.78 is 1.56. The third-order valence-electron chi connectivity index (χ3n) is 5.29. The first-order valence-corrected chi connectivity index (χ1v) is 9.30. The van der Waals surface area contributed by atoms with E-state index in [0.717, 1.165) is 18.5 Å². The fourth-order valence-corrected chi connectivity index (χ4v) is 3.44. The first-order chi connectivity index (χ1) is 12.4. The fourth-order valence-electron chi connectivity index (χ4n) is 3.44. The van der Waals surface area contributed by atoms with Gasteiger partial charge in [0.25, 0.3) is 5.91 Å². The van der Waals surface area contributed by atoms with Crippen molar-refractivity contribution in [3.63, 3.8) is 0 Å². The summed E-state index contributed by atoms with van der Waals surface area (Å²) in [6, 6.07) is 8.13. The summed E-state index contributed by atoms with van der Waals surface area (Å²) in [5, 5.41) is 14.6. The number of carbonyl (C=O) groups excluding carboxylic acids is 1. The first-order valence-electron chi connectivity index (χ1n) is 9.30. The minimum Gasteiger partial charge on any atom is -0.504 e. The number of piperidine rings is 1. The number of aromatic hydroxyl groups is 1. The van der Waals surface area contributed by atoms with Crippen molar-refractivity contribution in [2.45, 2.75) is 45.6 Å². The summed E-state index contributed by atoms with van der Waals surface area (Å²) in [5.74, 6) is 0.594.